The molecule has 0 aromatic heterocycles. The summed E-state index contributed by atoms with van der Waals surface area (Å²) in [5, 5.41) is 0. The number of epoxide rings is 1. The Hall–Kier alpha value is -1.35. The van der Waals surface area contributed by atoms with Gasteiger partial charge in [-0.15, -0.1) is 0 Å². The highest BCUT2D eigenvalue weighted by Crippen LogP contribution is 2.59. The molecule has 1 unspecified atom stereocenters. The normalized spacial score (nSPS) is 34.9. The zero-order valence-electron chi connectivity index (χ0n) is 9.89. The minimum Gasteiger partial charge on any atom is -0.459 e. The summed E-state index contributed by atoms with van der Waals surface area (Å²) in [6.07, 6.45) is 3.02. The first-order chi connectivity index (χ1) is 8.22. The van der Waals surface area contributed by atoms with Crippen LogP contribution in [0.15, 0.2) is 30.3 Å². The maximum atomic E-state index is 11.1. The average molecular weight is 232 g/mol. The maximum absolute atomic E-state index is 11.1. The summed E-state index contributed by atoms with van der Waals surface area (Å²) in [4.78, 5) is 11.1. The smallest absolute Gasteiger partial charge is 0.303 e. The van der Waals surface area contributed by atoms with E-state index in [4.69, 9.17) is 9.47 Å². The van der Waals surface area contributed by atoms with Crippen LogP contribution < -0.4 is 0 Å². The van der Waals surface area contributed by atoms with Gasteiger partial charge < -0.3 is 9.47 Å². The van der Waals surface area contributed by atoms with Gasteiger partial charge in [-0.3, -0.25) is 4.79 Å². The fraction of sp³-hybridized carbons (Fsp3) is 0.500. The zero-order chi connectivity index (χ0) is 11.9. The molecule has 1 saturated heterocycles. The lowest BCUT2D eigenvalue weighted by atomic mass is 9.96. The molecule has 0 amide bonds. The zero-order valence-corrected chi connectivity index (χ0v) is 9.89. The summed E-state index contributed by atoms with van der Waals surface area (Å²) in [5.74, 6) is -0.210. The van der Waals surface area contributed by atoms with E-state index < -0.39 is 0 Å². The minimum atomic E-state index is -0.229. The molecule has 0 radical (unpaired) electrons. The molecule has 1 aliphatic carbocycles. The van der Waals surface area contributed by atoms with Gasteiger partial charge in [0, 0.05) is 6.92 Å². The van der Waals surface area contributed by atoms with Crippen LogP contribution in [0.3, 0.4) is 0 Å². The second kappa shape index (κ2) is 3.84. The first-order valence-corrected chi connectivity index (χ1v) is 6.12. The number of carbonyl (C=O) groups excluding carboxylic acids is 1. The predicted molar refractivity (Wildman–Crippen MR) is 62.4 cm³/mol. The van der Waals surface area contributed by atoms with Crippen molar-refractivity contribution in [2.75, 3.05) is 0 Å². The van der Waals surface area contributed by atoms with Gasteiger partial charge in [-0.25, -0.2) is 0 Å². The van der Waals surface area contributed by atoms with Gasteiger partial charge in [-0.1, -0.05) is 30.3 Å². The summed E-state index contributed by atoms with van der Waals surface area (Å²) in [7, 11) is 0. The lowest BCUT2D eigenvalue weighted by molar-refractivity contribution is -0.148. The summed E-state index contributed by atoms with van der Waals surface area (Å²) in [6, 6.07) is 10.2. The van der Waals surface area contributed by atoms with E-state index in [0.717, 1.165) is 19.3 Å². The second-order valence-corrected chi connectivity index (χ2v) is 4.85. The van der Waals surface area contributed by atoms with Gasteiger partial charge in [-0.05, 0) is 24.8 Å². The van der Waals surface area contributed by atoms with Crippen LogP contribution in [0.25, 0.3) is 0 Å². The monoisotopic (exact) mass is 232 g/mol. The van der Waals surface area contributed by atoms with Crippen LogP contribution in [-0.2, 0) is 14.3 Å². The number of carbonyl (C=O) groups is 1. The van der Waals surface area contributed by atoms with Crippen LogP contribution in [0, 0.1) is 0 Å². The van der Waals surface area contributed by atoms with Crippen LogP contribution in [0.5, 0.6) is 0 Å². The van der Waals surface area contributed by atoms with Gasteiger partial charge in [0.05, 0.1) is 0 Å². The Morgan fingerprint density at radius 1 is 1.41 bits per heavy atom. The Balaban J connectivity index is 1.78. The third kappa shape index (κ3) is 1.75. The molecule has 3 rings (SSSR count). The van der Waals surface area contributed by atoms with Crippen molar-refractivity contribution in [3.05, 3.63) is 35.9 Å². The third-order valence-corrected chi connectivity index (χ3v) is 3.71. The molecule has 0 N–H and O–H groups in total. The van der Waals surface area contributed by atoms with Crippen LogP contribution in [0.2, 0.25) is 0 Å². The van der Waals surface area contributed by atoms with E-state index in [2.05, 4.69) is 12.1 Å². The summed E-state index contributed by atoms with van der Waals surface area (Å²) < 4.78 is 11.3. The predicted octanol–water partition coefficient (Wildman–Crippen LogP) is 2.61. The van der Waals surface area contributed by atoms with Crippen molar-refractivity contribution >= 4 is 5.97 Å². The lowest BCUT2D eigenvalue weighted by Crippen LogP contribution is -2.29. The molecule has 1 heterocycles. The SMILES string of the molecule is CC(=O)O[C@@H]1CCC[C@]12OC2c1ccccc1. The van der Waals surface area contributed by atoms with Gasteiger partial charge in [-0.2, -0.15) is 0 Å². The van der Waals surface area contributed by atoms with Crippen molar-refractivity contribution in [2.24, 2.45) is 0 Å². The van der Waals surface area contributed by atoms with E-state index in [9.17, 15) is 4.79 Å². The highest BCUT2D eigenvalue weighted by molar-refractivity contribution is 5.66. The number of hydrogen-bond acceptors (Lipinski definition) is 3. The molecule has 1 spiro atoms. The Labute approximate surface area is 101 Å². The second-order valence-electron chi connectivity index (χ2n) is 4.85. The van der Waals surface area contributed by atoms with Gasteiger partial charge in [0.25, 0.3) is 0 Å². The van der Waals surface area contributed by atoms with Gasteiger partial charge >= 0.3 is 5.97 Å². The van der Waals surface area contributed by atoms with Crippen molar-refractivity contribution < 1.29 is 14.3 Å². The van der Waals surface area contributed by atoms with Crippen molar-refractivity contribution in [3.8, 4) is 0 Å². The number of rotatable bonds is 2. The van der Waals surface area contributed by atoms with Crippen LogP contribution >= 0.6 is 0 Å². The van der Waals surface area contributed by atoms with Crippen molar-refractivity contribution in [1.29, 1.82) is 0 Å². The van der Waals surface area contributed by atoms with E-state index in [1.54, 1.807) is 0 Å². The quantitative estimate of drug-likeness (QED) is 0.581. The Morgan fingerprint density at radius 2 is 2.18 bits per heavy atom. The number of benzene rings is 1. The molecule has 1 aromatic carbocycles. The van der Waals surface area contributed by atoms with Crippen molar-refractivity contribution in [2.45, 2.75) is 44.0 Å². The molecular weight excluding hydrogens is 216 g/mol. The summed E-state index contributed by atoms with van der Waals surface area (Å²) in [5.41, 5.74) is 0.957. The molecular formula is C14H16O3. The number of hydrogen-bond donors (Lipinski definition) is 0. The lowest BCUT2D eigenvalue weighted by Gasteiger charge is -2.16. The highest BCUT2D eigenvalue weighted by Gasteiger charge is 2.65. The first-order valence-electron chi connectivity index (χ1n) is 6.12. The van der Waals surface area contributed by atoms with Crippen LogP contribution in [-0.4, -0.2) is 17.7 Å². The van der Waals surface area contributed by atoms with E-state index >= 15 is 0 Å². The highest BCUT2D eigenvalue weighted by atomic mass is 16.6. The molecule has 1 saturated carbocycles. The molecule has 90 valence electrons. The third-order valence-electron chi connectivity index (χ3n) is 3.71. The van der Waals surface area contributed by atoms with Gasteiger partial charge in [0.2, 0.25) is 0 Å². The van der Waals surface area contributed by atoms with Gasteiger partial charge in [0.1, 0.15) is 17.8 Å². The van der Waals surface area contributed by atoms with Gasteiger partial charge in [0.15, 0.2) is 0 Å². The van der Waals surface area contributed by atoms with E-state index in [1.807, 2.05) is 18.2 Å². The molecule has 2 aliphatic rings. The number of esters is 1. The first kappa shape index (κ1) is 10.8. The Kier molecular flexibility index (Phi) is 2.44. The number of ether oxygens (including phenoxy) is 2. The maximum Gasteiger partial charge on any atom is 0.303 e. The molecule has 17 heavy (non-hydrogen) atoms. The minimum absolute atomic E-state index is 0.0646. The fourth-order valence-corrected chi connectivity index (χ4v) is 2.93. The topological polar surface area (TPSA) is 38.8 Å². The van der Waals surface area contributed by atoms with Crippen LogP contribution in [0.4, 0.5) is 0 Å². The molecule has 1 aromatic rings. The molecule has 3 nitrogen and oxygen atoms in total. The standard InChI is InChI=1S/C14H16O3/c1-10(15)16-12-8-5-9-14(12)13(17-14)11-6-3-2-4-7-11/h2-4,6-7,12-13H,5,8-9H2,1H3/t12-,13?,14+/m1/s1. The molecule has 1 aliphatic heterocycles. The summed E-state index contributed by atoms with van der Waals surface area (Å²) >= 11 is 0. The summed E-state index contributed by atoms with van der Waals surface area (Å²) in [6.45, 7) is 1.46. The largest absolute Gasteiger partial charge is 0.459 e. The Morgan fingerprint density at radius 3 is 2.88 bits per heavy atom. The van der Waals surface area contributed by atoms with E-state index in [1.165, 1.54) is 12.5 Å². The van der Waals surface area contributed by atoms with Crippen molar-refractivity contribution in [1.82, 2.24) is 0 Å². The Bertz CT molecular complexity index is 428. The fourth-order valence-electron chi connectivity index (χ4n) is 2.93. The molecule has 0 bridgehead atoms. The average Bonchev–Trinajstić information content (AvgIpc) is 2.92. The molecule has 3 atom stereocenters. The molecule has 2 fully saturated rings. The molecule has 3 heteroatoms. The van der Waals surface area contributed by atoms with E-state index in [0.29, 0.717) is 0 Å². The van der Waals surface area contributed by atoms with Crippen molar-refractivity contribution in [3.63, 3.8) is 0 Å². The van der Waals surface area contributed by atoms with Crippen LogP contribution in [0.1, 0.15) is 37.9 Å². The van der Waals surface area contributed by atoms with E-state index in [-0.39, 0.29) is 23.8 Å².